The largest absolute Gasteiger partial charge is 0.472 e. The Morgan fingerprint density at radius 3 is 1.06 bits per heavy atom. The fraction of sp³-hybridized carbons (Fsp3) is 0.938. The first-order valence-corrected chi connectivity index (χ1v) is 51.4. The topological polar surface area (TPSA) is 339 Å². The number of aliphatic hydroxyl groups is 4. The van der Waals surface area contributed by atoms with E-state index in [1.165, 1.54) is 154 Å². The molecule has 0 radical (unpaired) electrons. The number of carbonyl (C=O) groups excluding carboxylic acids is 6. The normalized spacial score (nSPS) is 19.8. The molecule has 0 aromatic heterocycles. The Balaban J connectivity index is 2.63. The molecule has 2 saturated heterocycles. The maximum Gasteiger partial charge on any atom is 0.472 e. The fourth-order valence-electron chi connectivity index (χ4n) is 16.6. The molecule has 2 amide bonds. The molecule has 2 rings (SSSR count). The second-order valence-electron chi connectivity index (χ2n) is 35.6. The summed E-state index contributed by atoms with van der Waals surface area (Å²) in [7, 11) is -5.61. The van der Waals surface area contributed by atoms with E-state index >= 15 is 0 Å². The van der Waals surface area contributed by atoms with Crippen LogP contribution in [0.2, 0.25) is 0 Å². The monoisotopic (exact) mass is 1730 g/mol. The van der Waals surface area contributed by atoms with Crippen LogP contribution in [0.4, 0.5) is 0 Å². The zero-order valence-electron chi connectivity index (χ0n) is 77.0. The van der Waals surface area contributed by atoms with Crippen molar-refractivity contribution < 1.29 is 101 Å². The SMILES string of the molecule is CCCCCCCCCCCCCCCC(=O)O[C@@H](CCCCCCCCCCC)CC(=O)N[C@H]1[C@@H](OP(=O)(O)O)O[C@H](CO[C@@H]2O[C@H](CO)C[C@H](OC(=O)C[C@@H](CCCCCCCCCCC)OC(=O)CCCCCCCCCCC)[C@H]2NC(=O)C[C@H](O)CCCCCCCCCCC)[C@@H](O)[C@@H]1OC(=O)C[C@H](O)CCCCCCCCCCC. The van der Waals surface area contributed by atoms with Crippen molar-refractivity contribution in [2.75, 3.05) is 13.2 Å². The molecule has 24 heteroatoms. The summed E-state index contributed by atoms with van der Waals surface area (Å²) in [6.07, 6.45) is 45.7. The molecule has 706 valence electrons. The molecule has 120 heavy (non-hydrogen) atoms. The highest BCUT2D eigenvalue weighted by Crippen LogP contribution is 2.42. The number of amides is 2. The van der Waals surface area contributed by atoms with Crippen LogP contribution in [0.5, 0.6) is 0 Å². The molecule has 0 bridgehead atoms. The predicted octanol–water partition coefficient (Wildman–Crippen LogP) is 22.3. The molecular formula is C96H181N2O21P. The van der Waals surface area contributed by atoms with Gasteiger partial charge in [0.15, 0.2) is 18.7 Å². The molecule has 23 nitrogen and oxygen atoms in total. The number of phosphoric ester groups is 1. The number of unbranched alkanes of at least 4 members (excludes halogenated alkanes) is 52. The average Bonchev–Trinajstić information content (AvgIpc) is 0.784. The molecule has 2 aliphatic heterocycles. The first-order valence-electron chi connectivity index (χ1n) is 49.9. The Kier molecular flexibility index (Phi) is 72.2. The molecule has 0 aromatic rings. The number of aliphatic hydroxyl groups excluding tert-OH is 4. The highest BCUT2D eigenvalue weighted by atomic mass is 31.2. The van der Waals surface area contributed by atoms with Gasteiger partial charge in [-0.05, 0) is 51.4 Å². The number of phosphoric acid groups is 1. The van der Waals surface area contributed by atoms with Crippen LogP contribution < -0.4 is 10.6 Å². The van der Waals surface area contributed by atoms with Crippen LogP contribution in [0.25, 0.3) is 0 Å². The highest BCUT2D eigenvalue weighted by Gasteiger charge is 2.52. The molecule has 0 aliphatic carbocycles. The van der Waals surface area contributed by atoms with Gasteiger partial charge in [0.1, 0.15) is 42.6 Å². The Hall–Kier alpha value is -3.35. The van der Waals surface area contributed by atoms with Crippen LogP contribution >= 0.6 is 7.82 Å². The summed E-state index contributed by atoms with van der Waals surface area (Å²) in [6.45, 7) is 11.7. The van der Waals surface area contributed by atoms with E-state index in [4.69, 9.17) is 37.7 Å². The minimum Gasteiger partial charge on any atom is -0.462 e. The lowest BCUT2D eigenvalue weighted by Gasteiger charge is -2.45. The minimum absolute atomic E-state index is 0.146. The van der Waals surface area contributed by atoms with E-state index < -0.39 is 149 Å². The number of ether oxygens (including phenoxy) is 7. The summed E-state index contributed by atoms with van der Waals surface area (Å²) in [6, 6.07) is -3.25. The van der Waals surface area contributed by atoms with Gasteiger partial charge < -0.3 is 74.0 Å². The quantitative estimate of drug-likeness (QED) is 0.0121. The summed E-state index contributed by atoms with van der Waals surface area (Å²) < 4.78 is 62.0. The van der Waals surface area contributed by atoms with Crippen molar-refractivity contribution in [3.63, 3.8) is 0 Å². The third kappa shape index (κ3) is 61.9. The van der Waals surface area contributed by atoms with E-state index in [1.54, 1.807) is 0 Å². The number of hydrogen-bond acceptors (Lipinski definition) is 19. The van der Waals surface area contributed by atoms with E-state index in [2.05, 4.69) is 52.2 Å². The number of rotatable bonds is 84. The molecule has 0 spiro atoms. The van der Waals surface area contributed by atoms with E-state index in [-0.39, 0.29) is 38.5 Å². The van der Waals surface area contributed by atoms with Crippen LogP contribution in [-0.4, -0.2) is 159 Å². The van der Waals surface area contributed by atoms with Crippen molar-refractivity contribution >= 4 is 43.5 Å². The molecule has 2 fully saturated rings. The lowest BCUT2D eigenvalue weighted by atomic mass is 9.95. The third-order valence-electron chi connectivity index (χ3n) is 24.0. The molecule has 8 N–H and O–H groups in total. The first-order chi connectivity index (χ1) is 58.2. The van der Waals surface area contributed by atoms with Crippen molar-refractivity contribution in [2.24, 2.45) is 0 Å². The highest BCUT2D eigenvalue weighted by molar-refractivity contribution is 7.46. The second kappa shape index (κ2) is 76.8. The van der Waals surface area contributed by atoms with E-state index in [9.17, 15) is 63.5 Å². The Labute approximate surface area is 729 Å². The van der Waals surface area contributed by atoms with Gasteiger partial charge in [-0.2, -0.15) is 0 Å². The van der Waals surface area contributed by atoms with Crippen LogP contribution in [0.3, 0.4) is 0 Å². The van der Waals surface area contributed by atoms with Crippen molar-refractivity contribution in [3.8, 4) is 0 Å². The standard InChI is InChI=1S/C96H181N2O21P/c1-7-13-19-25-31-37-38-39-40-46-52-58-63-69-87(104)113-80(67-61-55-49-43-34-28-22-16-10-4)74-86(103)98-92-94(118-89(106)72-79(101)66-60-54-48-42-33-27-21-15-9-3)93(108)84(117-96(92)119-120(109,110)111)77-112-95-91(97-85(102)71-78(100)65-59-53-47-41-32-26-20-14-8-2)83(73-82(76-99)115-95)116-90(107)75-81(68-62-56-50-44-35-29-23-17-11-5)114-88(105)70-64-57-51-45-36-30-24-18-12-6/h78-84,91-96,99-101,108H,7-77H2,1-6H3,(H,97,102)(H,98,103)(H2,109,110,111)/t78-,79-,80+,81-,82+,83+,84-,91-,92-,93-,94-,95-,96-/m1/s1. The second-order valence-corrected chi connectivity index (χ2v) is 36.8. The summed E-state index contributed by atoms with van der Waals surface area (Å²) in [5.74, 6) is -4.14. The van der Waals surface area contributed by atoms with Crippen molar-refractivity contribution in [1.29, 1.82) is 0 Å². The summed E-state index contributed by atoms with van der Waals surface area (Å²) in [5, 5.41) is 51.7. The summed E-state index contributed by atoms with van der Waals surface area (Å²) in [5.41, 5.74) is 0. The van der Waals surface area contributed by atoms with Crippen LogP contribution in [-0.2, 0) is 71.0 Å². The molecular weight excluding hydrogens is 1550 g/mol. The zero-order valence-corrected chi connectivity index (χ0v) is 77.9. The Bertz CT molecular complexity index is 2510. The number of nitrogens with one attached hydrogen (secondary N) is 2. The van der Waals surface area contributed by atoms with Gasteiger partial charge in [0.2, 0.25) is 11.8 Å². The van der Waals surface area contributed by atoms with Crippen LogP contribution in [0, 0.1) is 0 Å². The average molecular weight is 1730 g/mol. The lowest BCUT2D eigenvalue weighted by Crippen LogP contribution is -2.66. The van der Waals surface area contributed by atoms with Crippen molar-refractivity contribution in [3.05, 3.63) is 0 Å². The van der Waals surface area contributed by atoms with Gasteiger partial charge in [-0.1, -0.05) is 388 Å². The zero-order chi connectivity index (χ0) is 87.7. The van der Waals surface area contributed by atoms with Crippen LogP contribution in [0.15, 0.2) is 0 Å². The van der Waals surface area contributed by atoms with Crippen molar-refractivity contribution in [2.45, 2.75) is 564 Å². The van der Waals surface area contributed by atoms with E-state index in [0.29, 0.717) is 57.8 Å². The molecule has 2 aliphatic rings. The van der Waals surface area contributed by atoms with Gasteiger partial charge in [0.05, 0.1) is 57.2 Å². The van der Waals surface area contributed by atoms with Gasteiger partial charge in [-0.25, -0.2) is 4.57 Å². The van der Waals surface area contributed by atoms with Gasteiger partial charge in [-0.15, -0.1) is 0 Å². The maximum atomic E-state index is 14.7. The molecule has 2 heterocycles. The molecule has 0 unspecified atom stereocenters. The molecule has 0 aromatic carbocycles. The van der Waals surface area contributed by atoms with Crippen LogP contribution in [0.1, 0.15) is 485 Å². The first kappa shape index (κ1) is 113. The van der Waals surface area contributed by atoms with E-state index in [0.717, 1.165) is 180 Å². The minimum atomic E-state index is -5.61. The van der Waals surface area contributed by atoms with Crippen molar-refractivity contribution in [1.82, 2.24) is 10.6 Å². The summed E-state index contributed by atoms with van der Waals surface area (Å²) >= 11 is 0. The fourth-order valence-corrected chi connectivity index (χ4v) is 17.1. The molecule has 13 atom stereocenters. The van der Waals surface area contributed by atoms with Gasteiger partial charge in [0, 0.05) is 19.3 Å². The number of carbonyl (C=O) groups is 6. The number of hydrogen-bond donors (Lipinski definition) is 8. The molecule has 0 saturated carbocycles. The maximum absolute atomic E-state index is 14.7. The third-order valence-corrected chi connectivity index (χ3v) is 24.5. The van der Waals surface area contributed by atoms with Gasteiger partial charge in [-0.3, -0.25) is 33.3 Å². The Morgan fingerprint density at radius 2 is 0.692 bits per heavy atom. The Morgan fingerprint density at radius 1 is 0.375 bits per heavy atom. The predicted molar refractivity (Wildman–Crippen MR) is 478 cm³/mol. The van der Waals surface area contributed by atoms with Gasteiger partial charge >= 0.3 is 31.7 Å². The summed E-state index contributed by atoms with van der Waals surface area (Å²) in [4.78, 5) is 106. The van der Waals surface area contributed by atoms with E-state index in [1.807, 2.05) is 0 Å². The smallest absolute Gasteiger partial charge is 0.462 e. The van der Waals surface area contributed by atoms with Gasteiger partial charge in [0.25, 0.3) is 0 Å². The lowest BCUT2D eigenvalue weighted by molar-refractivity contribution is -0.284. The number of esters is 4.